The van der Waals surface area contributed by atoms with Crippen LogP contribution in [0.5, 0.6) is 0 Å². The maximum absolute atomic E-state index is 9.73. The van der Waals surface area contributed by atoms with E-state index in [2.05, 4.69) is 111 Å². The van der Waals surface area contributed by atoms with E-state index in [0.717, 1.165) is 61.8 Å². The van der Waals surface area contributed by atoms with Crippen molar-refractivity contribution in [3.63, 3.8) is 0 Å². The molecule has 0 saturated heterocycles. The van der Waals surface area contributed by atoms with Crippen LogP contribution in [0.15, 0.2) is 59.7 Å². The summed E-state index contributed by atoms with van der Waals surface area (Å²) in [6.45, 7) is 9.89. The Balaban J connectivity index is 2.06. The van der Waals surface area contributed by atoms with Crippen LogP contribution in [0, 0.1) is 11.8 Å². The maximum Gasteiger partial charge on any atom is 0.317 e. The quantitative estimate of drug-likeness (QED) is 0.0232. The second-order valence-electron chi connectivity index (χ2n) is 14.3. The number of rotatable bonds is 27. The van der Waals surface area contributed by atoms with Crippen LogP contribution in [0.2, 0.25) is 0 Å². The van der Waals surface area contributed by atoms with Gasteiger partial charge in [-0.25, -0.2) is 0 Å². The minimum atomic E-state index is 0.706. The molecule has 0 aliphatic rings. The van der Waals surface area contributed by atoms with Crippen LogP contribution in [0.25, 0.3) is 11.1 Å². The van der Waals surface area contributed by atoms with E-state index in [1.807, 2.05) is 0 Å². The van der Waals surface area contributed by atoms with Gasteiger partial charge in [-0.3, -0.25) is 0 Å². The van der Waals surface area contributed by atoms with E-state index in [-0.39, 0.29) is 0 Å². The number of benzene rings is 2. The van der Waals surface area contributed by atoms with Crippen molar-refractivity contribution in [2.45, 2.75) is 175 Å². The van der Waals surface area contributed by atoms with Gasteiger partial charge in [0.1, 0.15) is 0 Å². The van der Waals surface area contributed by atoms with E-state index in [0.29, 0.717) is 5.57 Å². The molecule has 0 unspecified atom stereocenters. The molecule has 2 aromatic rings. The van der Waals surface area contributed by atoms with Crippen LogP contribution in [0.4, 0.5) is 5.69 Å². The number of unbranched alkanes of at least 4 members (excludes halogenated alkanes) is 18. The Bertz CT molecular complexity index is 1340. The Labute approximate surface area is 308 Å². The first-order chi connectivity index (χ1) is 24.6. The van der Waals surface area contributed by atoms with Gasteiger partial charge in [-0.05, 0) is 79.0 Å². The zero-order valence-corrected chi connectivity index (χ0v) is 32.9. The van der Waals surface area contributed by atoms with Crippen molar-refractivity contribution in [2.24, 2.45) is 0 Å². The lowest BCUT2D eigenvalue weighted by Gasteiger charge is -2.19. The Morgan fingerprint density at radius 1 is 0.600 bits per heavy atom. The largest absolute Gasteiger partial charge is 0.375 e. The number of hydrogen-bond acceptors (Lipinski definition) is 1. The van der Waals surface area contributed by atoms with Gasteiger partial charge >= 0.3 is 5.87 Å². The Morgan fingerprint density at radius 2 is 1.08 bits per heavy atom. The Morgan fingerprint density at radius 3 is 1.56 bits per heavy atom. The molecule has 2 rings (SSSR count). The van der Waals surface area contributed by atoms with Crippen molar-refractivity contribution in [1.29, 1.82) is 0 Å². The first-order valence-corrected chi connectivity index (χ1v) is 20.7. The van der Waals surface area contributed by atoms with Gasteiger partial charge in [-0.15, -0.1) is 4.79 Å². The van der Waals surface area contributed by atoms with E-state index < -0.39 is 0 Å². The highest BCUT2D eigenvalue weighted by Crippen LogP contribution is 2.34. The molecule has 274 valence electrons. The third-order valence-electron chi connectivity index (χ3n) is 10.0. The summed E-state index contributed by atoms with van der Waals surface area (Å²) in [5.41, 5.74) is 17.6. The lowest BCUT2D eigenvalue weighted by atomic mass is 9.86. The summed E-state index contributed by atoms with van der Waals surface area (Å²) >= 11 is 0. The van der Waals surface area contributed by atoms with Crippen molar-refractivity contribution in [3.05, 3.63) is 81.9 Å². The lowest BCUT2D eigenvalue weighted by molar-refractivity contribution is 0.00770. The zero-order chi connectivity index (χ0) is 36.1. The van der Waals surface area contributed by atoms with Gasteiger partial charge in [-0.2, -0.15) is 0 Å². The number of allylic oxidation sites excluding steroid dienone is 2. The summed E-state index contributed by atoms with van der Waals surface area (Å²) < 4.78 is 0. The molecule has 50 heavy (non-hydrogen) atoms. The highest BCUT2D eigenvalue weighted by atomic mass is 15.1. The van der Waals surface area contributed by atoms with Gasteiger partial charge in [0.25, 0.3) is 0 Å². The van der Waals surface area contributed by atoms with Gasteiger partial charge < -0.3 is 10.4 Å². The zero-order valence-electron chi connectivity index (χ0n) is 32.9. The molecule has 0 aliphatic heterocycles. The second kappa shape index (κ2) is 28.4. The van der Waals surface area contributed by atoms with Gasteiger partial charge in [0.2, 0.25) is 0 Å². The number of anilines is 1. The van der Waals surface area contributed by atoms with Crippen LogP contribution >= 0.6 is 0 Å². The van der Waals surface area contributed by atoms with Gasteiger partial charge in [0.15, 0.2) is 5.57 Å². The van der Waals surface area contributed by atoms with Crippen molar-refractivity contribution in [1.82, 2.24) is 0 Å². The molecule has 3 heteroatoms. The summed E-state index contributed by atoms with van der Waals surface area (Å²) in [5, 5.41) is 0. The fraction of sp³-hybridized carbons (Fsp3) is 0.617. The number of nitrogens with zero attached hydrogens (tertiary/aromatic N) is 3. The van der Waals surface area contributed by atoms with Crippen LogP contribution < -0.4 is 4.90 Å². The molecule has 0 aromatic heterocycles. The monoisotopic (exact) mass is 678 g/mol. The molecule has 0 amide bonds. The summed E-state index contributed by atoms with van der Waals surface area (Å²) in [6, 6.07) is 17.9. The molecule has 3 nitrogen and oxygen atoms in total. The second-order valence-corrected chi connectivity index (χ2v) is 14.3. The fourth-order valence-electron chi connectivity index (χ4n) is 6.66. The normalized spacial score (nSPS) is 11.3. The molecule has 0 atom stereocenters. The third-order valence-corrected chi connectivity index (χ3v) is 10.0. The van der Waals surface area contributed by atoms with Gasteiger partial charge in [0, 0.05) is 25.7 Å². The average molecular weight is 678 g/mol. The lowest BCUT2D eigenvalue weighted by Crippen LogP contribution is -2.15. The molecular weight excluding hydrogens is 607 g/mol. The summed E-state index contributed by atoms with van der Waals surface area (Å²) in [6.07, 6.45) is 29.2. The third kappa shape index (κ3) is 17.6. The highest BCUT2D eigenvalue weighted by Gasteiger charge is 2.17. The predicted molar refractivity (Wildman–Crippen MR) is 220 cm³/mol. The highest BCUT2D eigenvalue weighted by molar-refractivity contribution is 5.89. The summed E-state index contributed by atoms with van der Waals surface area (Å²) in [5.74, 6) is 9.76. The SMILES string of the molecule is CCCCCCCCCCCCCCCCCCC#CC(=C=[N+]=[N-])C(CCCC)=C(c1ccc(CCCC)cc1)c1ccc(N(C)CC)cc1. The molecule has 0 aliphatic carbocycles. The van der Waals surface area contributed by atoms with Gasteiger partial charge in [0.05, 0.1) is 0 Å². The number of aryl methyl sites for hydroxylation is 1. The van der Waals surface area contributed by atoms with Crippen LogP contribution in [-0.2, 0) is 6.42 Å². The minimum absolute atomic E-state index is 0.706. The van der Waals surface area contributed by atoms with E-state index in [4.69, 9.17) is 0 Å². The minimum Gasteiger partial charge on any atom is -0.375 e. The van der Waals surface area contributed by atoms with E-state index >= 15 is 0 Å². The Kier molecular flexibility index (Phi) is 24.4. The summed E-state index contributed by atoms with van der Waals surface area (Å²) in [7, 11) is 2.13. The van der Waals surface area contributed by atoms with Crippen molar-refractivity contribution in [2.75, 3.05) is 18.5 Å². The average Bonchev–Trinajstić information content (AvgIpc) is 3.15. The smallest absolute Gasteiger partial charge is 0.317 e. The first-order valence-electron chi connectivity index (χ1n) is 20.7. The van der Waals surface area contributed by atoms with E-state index in [1.165, 1.54) is 126 Å². The van der Waals surface area contributed by atoms with Crippen LogP contribution in [0.1, 0.15) is 186 Å². The molecule has 0 radical (unpaired) electrons. The van der Waals surface area contributed by atoms with Crippen molar-refractivity contribution < 1.29 is 4.79 Å². The summed E-state index contributed by atoms with van der Waals surface area (Å²) in [4.78, 5) is 5.65. The van der Waals surface area contributed by atoms with Crippen molar-refractivity contribution in [3.8, 4) is 11.8 Å². The molecule has 2 aromatic carbocycles. The molecule has 0 saturated carbocycles. The van der Waals surface area contributed by atoms with E-state index in [9.17, 15) is 5.53 Å². The fourth-order valence-corrected chi connectivity index (χ4v) is 6.66. The molecular formula is C47H71N3. The standard InChI is InChI=1S/C47H71N3/c1-6-10-13-14-15-16-17-18-19-20-21-22-23-24-25-26-27-28-30-44(40-49-48)46(31-12-8-3)47(42-34-32-41(33-35-42)29-11-7-2)43-36-38-45(39-37-43)50(5)9-4/h32-39H,6-27,29,31H2,1-5H3. The predicted octanol–water partition coefficient (Wildman–Crippen LogP) is 14.0. The molecule has 0 spiro atoms. The van der Waals surface area contributed by atoms with Crippen LogP contribution in [-0.4, -0.2) is 24.3 Å². The topological polar surface area (TPSA) is 39.6 Å². The molecule has 0 bridgehead atoms. The van der Waals surface area contributed by atoms with Crippen LogP contribution in [0.3, 0.4) is 0 Å². The molecule has 0 fully saturated rings. The molecule has 0 N–H and O–H groups in total. The maximum atomic E-state index is 9.73. The first kappa shape index (κ1) is 42.9. The Hall–Kier alpha value is -3.30. The van der Waals surface area contributed by atoms with E-state index in [1.54, 1.807) is 0 Å². The molecule has 0 heterocycles. The van der Waals surface area contributed by atoms with Gasteiger partial charge in [-0.1, -0.05) is 178 Å². The number of hydrogen-bond donors (Lipinski definition) is 0. The van der Waals surface area contributed by atoms with Crippen molar-refractivity contribution >= 4 is 17.1 Å².